The molecule has 0 radical (unpaired) electrons. The Morgan fingerprint density at radius 2 is 1.70 bits per heavy atom. The Hall–Kier alpha value is -4.07. The molecule has 1 unspecified atom stereocenters. The van der Waals surface area contributed by atoms with Crippen LogP contribution < -0.4 is 15.1 Å². The predicted molar refractivity (Wildman–Crippen MR) is 128 cm³/mol. The Bertz CT molecular complexity index is 1190. The summed E-state index contributed by atoms with van der Waals surface area (Å²) in [6, 6.07) is 16.1. The van der Waals surface area contributed by atoms with Crippen LogP contribution in [0, 0.1) is 0 Å². The van der Waals surface area contributed by atoms with Gasteiger partial charge in [0.2, 0.25) is 5.91 Å². The van der Waals surface area contributed by atoms with Crippen LogP contribution in [0.15, 0.2) is 65.3 Å². The first-order valence-corrected chi connectivity index (χ1v) is 10.6. The molecule has 1 atom stereocenters. The van der Waals surface area contributed by atoms with Crippen molar-refractivity contribution in [2.75, 3.05) is 35.8 Å². The number of rotatable bonds is 3. The molecule has 170 valence electrons. The molecule has 8 heteroatoms. The van der Waals surface area contributed by atoms with E-state index in [1.165, 1.54) is 18.1 Å². The lowest BCUT2D eigenvalue weighted by Crippen LogP contribution is -2.51. The summed E-state index contributed by atoms with van der Waals surface area (Å²) in [5, 5.41) is 2.81. The van der Waals surface area contributed by atoms with Gasteiger partial charge in [-0.15, -0.1) is 0 Å². The first kappa shape index (κ1) is 22.1. The Morgan fingerprint density at radius 1 is 1.00 bits per heavy atom. The maximum atomic E-state index is 13.2. The van der Waals surface area contributed by atoms with Crippen molar-refractivity contribution >= 4 is 34.9 Å². The average Bonchev–Trinajstić information content (AvgIpc) is 3.33. The number of nitrogens with zero attached hydrogens (tertiary/aromatic N) is 3. The van der Waals surface area contributed by atoms with Gasteiger partial charge in [0.1, 0.15) is 0 Å². The zero-order valence-electron chi connectivity index (χ0n) is 19.0. The molecule has 0 fully saturated rings. The van der Waals surface area contributed by atoms with Crippen LogP contribution in [0.2, 0.25) is 0 Å². The highest BCUT2D eigenvalue weighted by Crippen LogP contribution is 2.39. The SMILES string of the molecule is CC(=O)N1c2ccc(-c3ccc(NC(=O)N(C)C)cc3)cc2N(C(=O)c2ccco2)CC1C. The van der Waals surface area contributed by atoms with Crippen LogP contribution in [0.5, 0.6) is 0 Å². The number of hydrogen-bond acceptors (Lipinski definition) is 4. The minimum absolute atomic E-state index is 0.0809. The molecule has 33 heavy (non-hydrogen) atoms. The van der Waals surface area contributed by atoms with Gasteiger partial charge in [-0.25, -0.2) is 4.79 Å². The quantitative estimate of drug-likeness (QED) is 0.644. The minimum Gasteiger partial charge on any atom is -0.459 e. The summed E-state index contributed by atoms with van der Waals surface area (Å²) in [6.07, 6.45) is 1.47. The van der Waals surface area contributed by atoms with E-state index in [9.17, 15) is 14.4 Å². The van der Waals surface area contributed by atoms with Gasteiger partial charge in [0.05, 0.1) is 23.7 Å². The van der Waals surface area contributed by atoms with E-state index in [0.29, 0.717) is 23.6 Å². The third-order valence-electron chi connectivity index (χ3n) is 5.61. The molecule has 4 rings (SSSR count). The first-order valence-electron chi connectivity index (χ1n) is 10.6. The second-order valence-electron chi connectivity index (χ2n) is 8.24. The molecule has 1 N–H and O–H groups in total. The number of carbonyl (C=O) groups is 3. The van der Waals surface area contributed by atoms with Gasteiger partial charge in [-0.1, -0.05) is 18.2 Å². The largest absolute Gasteiger partial charge is 0.459 e. The summed E-state index contributed by atoms with van der Waals surface area (Å²) >= 11 is 0. The predicted octanol–water partition coefficient (Wildman–Crippen LogP) is 4.44. The molecular weight excluding hydrogens is 420 g/mol. The summed E-state index contributed by atoms with van der Waals surface area (Å²) in [5.41, 5.74) is 3.81. The number of amides is 4. The van der Waals surface area contributed by atoms with Gasteiger partial charge >= 0.3 is 6.03 Å². The van der Waals surface area contributed by atoms with Gasteiger partial charge in [-0.3, -0.25) is 9.59 Å². The number of carbonyl (C=O) groups excluding carboxylic acids is 3. The number of urea groups is 1. The van der Waals surface area contributed by atoms with Crippen molar-refractivity contribution < 1.29 is 18.8 Å². The molecule has 0 saturated heterocycles. The summed E-state index contributed by atoms with van der Waals surface area (Å²) in [5.74, 6) is -0.0893. The lowest BCUT2D eigenvalue weighted by atomic mass is 10.00. The van der Waals surface area contributed by atoms with Crippen molar-refractivity contribution in [1.29, 1.82) is 0 Å². The van der Waals surface area contributed by atoms with Gasteiger partial charge in [-0.05, 0) is 54.4 Å². The number of nitrogens with one attached hydrogen (secondary N) is 1. The summed E-state index contributed by atoms with van der Waals surface area (Å²) in [4.78, 5) is 42.3. The third kappa shape index (κ3) is 4.32. The Kier molecular flexibility index (Phi) is 5.91. The Morgan fingerprint density at radius 3 is 2.30 bits per heavy atom. The third-order valence-corrected chi connectivity index (χ3v) is 5.61. The monoisotopic (exact) mass is 446 g/mol. The number of fused-ring (bicyclic) bond motifs is 1. The zero-order chi connectivity index (χ0) is 23.7. The molecule has 2 aromatic carbocycles. The number of anilines is 3. The standard InChI is InChI=1S/C25H26N4O4/c1-16-15-28(24(31)23-6-5-13-33-23)22-14-19(9-12-21(22)29(16)17(2)30)18-7-10-20(11-8-18)26-25(32)27(3)4/h5-14,16H,15H2,1-4H3,(H,26,32). The molecule has 4 amide bonds. The molecule has 0 spiro atoms. The highest BCUT2D eigenvalue weighted by Gasteiger charge is 2.35. The van der Waals surface area contributed by atoms with Crippen molar-refractivity contribution in [3.8, 4) is 11.1 Å². The summed E-state index contributed by atoms with van der Waals surface area (Å²) < 4.78 is 5.34. The van der Waals surface area contributed by atoms with Gasteiger partial charge < -0.3 is 24.4 Å². The van der Waals surface area contributed by atoms with E-state index >= 15 is 0 Å². The number of benzene rings is 2. The smallest absolute Gasteiger partial charge is 0.321 e. The highest BCUT2D eigenvalue weighted by atomic mass is 16.3. The van der Waals surface area contributed by atoms with E-state index in [4.69, 9.17) is 4.42 Å². The molecule has 1 aliphatic heterocycles. The molecule has 1 aliphatic rings. The van der Waals surface area contributed by atoms with Crippen molar-refractivity contribution in [2.24, 2.45) is 0 Å². The maximum Gasteiger partial charge on any atom is 0.321 e. The van der Waals surface area contributed by atoms with Crippen LogP contribution in [0.25, 0.3) is 11.1 Å². The van der Waals surface area contributed by atoms with Gasteiger partial charge in [0.25, 0.3) is 5.91 Å². The van der Waals surface area contributed by atoms with Crippen LogP contribution in [0.4, 0.5) is 21.9 Å². The zero-order valence-corrected chi connectivity index (χ0v) is 19.0. The minimum atomic E-state index is -0.254. The highest BCUT2D eigenvalue weighted by molar-refractivity contribution is 6.10. The number of hydrogen-bond donors (Lipinski definition) is 1. The fourth-order valence-electron chi connectivity index (χ4n) is 3.99. The van der Waals surface area contributed by atoms with Crippen LogP contribution in [-0.2, 0) is 4.79 Å². The molecule has 3 aromatic rings. The van der Waals surface area contributed by atoms with Crippen molar-refractivity contribution in [3.63, 3.8) is 0 Å². The Labute approximate surface area is 192 Å². The van der Waals surface area contributed by atoms with Crippen molar-refractivity contribution in [1.82, 2.24) is 4.90 Å². The van der Waals surface area contributed by atoms with E-state index in [-0.39, 0.29) is 29.6 Å². The van der Waals surface area contributed by atoms with Gasteiger partial charge in [-0.2, -0.15) is 0 Å². The van der Waals surface area contributed by atoms with E-state index in [0.717, 1.165) is 11.1 Å². The molecule has 0 bridgehead atoms. The molecular formula is C25H26N4O4. The molecule has 8 nitrogen and oxygen atoms in total. The Balaban J connectivity index is 1.72. The summed E-state index contributed by atoms with van der Waals surface area (Å²) in [6.45, 7) is 3.80. The van der Waals surface area contributed by atoms with Crippen LogP contribution >= 0.6 is 0 Å². The van der Waals surface area contributed by atoms with Gasteiger partial charge in [0.15, 0.2) is 5.76 Å². The second kappa shape index (κ2) is 8.82. The molecule has 1 aromatic heterocycles. The van der Waals surface area contributed by atoms with Gasteiger partial charge in [0, 0.05) is 33.3 Å². The maximum absolute atomic E-state index is 13.2. The second-order valence-corrected chi connectivity index (χ2v) is 8.24. The van der Waals surface area contributed by atoms with Crippen molar-refractivity contribution in [2.45, 2.75) is 19.9 Å². The lowest BCUT2D eigenvalue weighted by molar-refractivity contribution is -0.117. The van der Waals surface area contributed by atoms with Crippen LogP contribution in [0.3, 0.4) is 0 Å². The fourth-order valence-corrected chi connectivity index (χ4v) is 3.99. The van der Waals surface area contributed by atoms with E-state index in [2.05, 4.69) is 5.32 Å². The van der Waals surface area contributed by atoms with Crippen LogP contribution in [0.1, 0.15) is 24.4 Å². The first-order chi connectivity index (χ1) is 15.8. The lowest BCUT2D eigenvalue weighted by Gasteiger charge is -2.40. The molecule has 0 saturated carbocycles. The molecule has 2 heterocycles. The molecule has 0 aliphatic carbocycles. The van der Waals surface area contributed by atoms with Crippen LogP contribution in [-0.4, -0.2) is 49.4 Å². The topological polar surface area (TPSA) is 86.1 Å². The fraction of sp³-hybridized carbons (Fsp3) is 0.240. The van der Waals surface area contributed by atoms with Crippen molar-refractivity contribution in [3.05, 3.63) is 66.6 Å². The number of furan rings is 1. The van der Waals surface area contributed by atoms with E-state index < -0.39 is 0 Å². The van der Waals surface area contributed by atoms with E-state index in [1.54, 1.807) is 36.0 Å². The summed E-state index contributed by atoms with van der Waals surface area (Å²) in [7, 11) is 3.36. The van der Waals surface area contributed by atoms with E-state index in [1.807, 2.05) is 49.4 Å². The normalized spacial score (nSPS) is 15.1. The average molecular weight is 447 g/mol.